The number of fused-ring (bicyclic) bond motifs is 1. The van der Waals surface area contributed by atoms with Crippen molar-refractivity contribution in [2.45, 2.75) is 20.0 Å². The predicted molar refractivity (Wildman–Crippen MR) is 74.1 cm³/mol. The number of hydrogen-bond acceptors (Lipinski definition) is 5. The van der Waals surface area contributed by atoms with Gasteiger partial charge in [0.25, 0.3) is 0 Å². The molecule has 0 unspecified atom stereocenters. The highest BCUT2D eigenvalue weighted by molar-refractivity contribution is 5.57. The number of hydrogen-bond donors (Lipinski definition) is 1. The van der Waals surface area contributed by atoms with E-state index in [-0.39, 0.29) is 0 Å². The van der Waals surface area contributed by atoms with Crippen LogP contribution in [0.2, 0.25) is 0 Å². The van der Waals surface area contributed by atoms with E-state index in [1.165, 1.54) is 11.1 Å². The molecule has 0 amide bonds. The van der Waals surface area contributed by atoms with Gasteiger partial charge in [-0.15, -0.1) is 0 Å². The second kappa shape index (κ2) is 4.42. The van der Waals surface area contributed by atoms with E-state index in [4.69, 9.17) is 10.5 Å². The van der Waals surface area contributed by atoms with Crippen LogP contribution in [0.15, 0.2) is 24.3 Å². The Morgan fingerprint density at radius 2 is 2.11 bits per heavy atom. The van der Waals surface area contributed by atoms with Gasteiger partial charge in [0.05, 0.1) is 7.11 Å². The van der Waals surface area contributed by atoms with E-state index < -0.39 is 0 Å². The molecule has 1 aromatic carbocycles. The lowest BCUT2D eigenvalue weighted by Crippen LogP contribution is -2.18. The second-order valence-corrected chi connectivity index (χ2v) is 4.69. The van der Waals surface area contributed by atoms with Crippen LogP contribution in [0.5, 0.6) is 5.88 Å². The highest BCUT2D eigenvalue weighted by Gasteiger charge is 2.23. The van der Waals surface area contributed by atoms with Crippen LogP contribution >= 0.6 is 0 Å². The molecule has 1 aliphatic heterocycles. The quantitative estimate of drug-likeness (QED) is 0.831. The van der Waals surface area contributed by atoms with Crippen LogP contribution in [-0.4, -0.2) is 17.1 Å². The van der Waals surface area contributed by atoms with Gasteiger partial charge in [-0.3, -0.25) is 0 Å². The van der Waals surface area contributed by atoms with Gasteiger partial charge >= 0.3 is 0 Å². The van der Waals surface area contributed by atoms with Gasteiger partial charge in [0.2, 0.25) is 11.8 Å². The summed E-state index contributed by atoms with van der Waals surface area (Å²) in [4.78, 5) is 11.0. The van der Waals surface area contributed by atoms with Gasteiger partial charge in [-0.2, -0.15) is 4.98 Å². The van der Waals surface area contributed by atoms with Crippen LogP contribution in [-0.2, 0) is 13.1 Å². The number of aryl methyl sites for hydroxylation is 1. The third-order valence-electron chi connectivity index (χ3n) is 3.33. The molecule has 0 bridgehead atoms. The highest BCUT2D eigenvalue weighted by Crippen LogP contribution is 2.30. The molecule has 0 atom stereocenters. The molecule has 19 heavy (non-hydrogen) atoms. The molecule has 0 aliphatic carbocycles. The molecule has 0 radical (unpaired) electrons. The van der Waals surface area contributed by atoms with Gasteiger partial charge in [0.15, 0.2) is 0 Å². The number of nitrogen functional groups attached to an aromatic ring is 1. The monoisotopic (exact) mass is 256 g/mol. The summed E-state index contributed by atoms with van der Waals surface area (Å²) in [6.45, 7) is 3.47. The Balaban J connectivity index is 1.94. The molecule has 0 spiro atoms. The summed E-state index contributed by atoms with van der Waals surface area (Å²) in [6, 6.07) is 7.83. The van der Waals surface area contributed by atoms with Crippen molar-refractivity contribution in [2.24, 2.45) is 0 Å². The lowest BCUT2D eigenvalue weighted by molar-refractivity contribution is 0.396. The average molecular weight is 256 g/mol. The minimum absolute atomic E-state index is 0.589. The lowest BCUT2D eigenvalue weighted by Gasteiger charge is -2.16. The largest absolute Gasteiger partial charge is 0.481 e. The number of rotatable bonds is 2. The fourth-order valence-electron chi connectivity index (χ4n) is 2.36. The van der Waals surface area contributed by atoms with Crippen LogP contribution < -0.4 is 15.4 Å². The number of nitrogens with two attached hydrogens (primary N) is 1. The number of benzene rings is 1. The van der Waals surface area contributed by atoms with E-state index in [1.54, 1.807) is 7.11 Å². The zero-order valence-corrected chi connectivity index (χ0v) is 11.1. The SMILES string of the molecule is COc1cc(C)nc(N2Cc3cccc(N)c3C2)n1. The first-order chi connectivity index (χ1) is 9.17. The molecule has 1 aromatic heterocycles. The summed E-state index contributed by atoms with van der Waals surface area (Å²) in [5, 5.41) is 0. The molecule has 2 heterocycles. The van der Waals surface area contributed by atoms with Crippen molar-refractivity contribution >= 4 is 11.6 Å². The summed E-state index contributed by atoms with van der Waals surface area (Å²) in [5.74, 6) is 1.28. The number of nitrogens with zero attached hydrogens (tertiary/aromatic N) is 3. The van der Waals surface area contributed by atoms with E-state index in [9.17, 15) is 0 Å². The van der Waals surface area contributed by atoms with Gasteiger partial charge < -0.3 is 15.4 Å². The molecular formula is C14H16N4O. The van der Waals surface area contributed by atoms with Gasteiger partial charge in [0.1, 0.15) is 0 Å². The molecular weight excluding hydrogens is 240 g/mol. The molecule has 0 saturated heterocycles. The topological polar surface area (TPSA) is 64.3 Å². The molecule has 0 fully saturated rings. The Morgan fingerprint density at radius 3 is 2.84 bits per heavy atom. The molecule has 2 N–H and O–H groups in total. The van der Waals surface area contributed by atoms with E-state index in [0.717, 1.165) is 24.5 Å². The van der Waals surface area contributed by atoms with Crippen molar-refractivity contribution in [3.8, 4) is 5.88 Å². The average Bonchev–Trinajstić information content (AvgIpc) is 2.83. The van der Waals surface area contributed by atoms with Crippen molar-refractivity contribution in [1.29, 1.82) is 0 Å². The van der Waals surface area contributed by atoms with Crippen LogP contribution in [0.1, 0.15) is 16.8 Å². The smallest absolute Gasteiger partial charge is 0.229 e. The van der Waals surface area contributed by atoms with Crippen molar-refractivity contribution in [2.75, 3.05) is 17.7 Å². The highest BCUT2D eigenvalue weighted by atomic mass is 16.5. The minimum atomic E-state index is 0.589. The molecule has 98 valence electrons. The Bertz CT molecular complexity index is 627. The minimum Gasteiger partial charge on any atom is -0.481 e. The Hall–Kier alpha value is -2.30. The maximum absolute atomic E-state index is 6.01. The fraction of sp³-hybridized carbons (Fsp3) is 0.286. The number of methoxy groups -OCH3 is 1. The number of aromatic nitrogens is 2. The van der Waals surface area contributed by atoms with Gasteiger partial charge in [-0.25, -0.2) is 4.98 Å². The first-order valence-electron chi connectivity index (χ1n) is 6.18. The summed E-state index contributed by atoms with van der Waals surface area (Å²) >= 11 is 0. The van der Waals surface area contributed by atoms with E-state index in [2.05, 4.69) is 20.9 Å². The molecule has 5 heteroatoms. The Morgan fingerprint density at radius 1 is 1.26 bits per heavy atom. The van der Waals surface area contributed by atoms with Crippen LogP contribution in [0, 0.1) is 6.92 Å². The predicted octanol–water partition coefficient (Wildman–Crippen LogP) is 1.90. The van der Waals surface area contributed by atoms with Crippen LogP contribution in [0.4, 0.5) is 11.6 Å². The first-order valence-corrected chi connectivity index (χ1v) is 6.18. The Labute approximate surface area is 112 Å². The summed E-state index contributed by atoms with van der Waals surface area (Å²) in [5.41, 5.74) is 10.1. The normalized spacial score (nSPS) is 13.5. The first kappa shape index (κ1) is 11.8. The molecule has 0 saturated carbocycles. The van der Waals surface area contributed by atoms with Crippen LogP contribution in [0.25, 0.3) is 0 Å². The van der Waals surface area contributed by atoms with Crippen molar-refractivity contribution in [1.82, 2.24) is 9.97 Å². The van der Waals surface area contributed by atoms with E-state index in [0.29, 0.717) is 11.8 Å². The van der Waals surface area contributed by atoms with Crippen molar-refractivity contribution in [3.05, 3.63) is 41.1 Å². The van der Waals surface area contributed by atoms with Crippen molar-refractivity contribution < 1.29 is 4.74 Å². The zero-order valence-electron chi connectivity index (χ0n) is 11.1. The second-order valence-electron chi connectivity index (χ2n) is 4.69. The molecule has 5 nitrogen and oxygen atoms in total. The maximum atomic E-state index is 6.01. The molecule has 2 aromatic rings. The van der Waals surface area contributed by atoms with Gasteiger partial charge in [-0.05, 0) is 24.1 Å². The molecule has 1 aliphatic rings. The van der Waals surface area contributed by atoms with E-state index >= 15 is 0 Å². The standard InChI is InChI=1S/C14H16N4O/c1-9-6-13(19-2)17-14(16-9)18-7-10-4-3-5-12(15)11(10)8-18/h3-6H,7-8,15H2,1-2H3. The Kier molecular flexibility index (Phi) is 2.74. The van der Waals surface area contributed by atoms with Gasteiger partial charge in [-0.1, -0.05) is 12.1 Å². The summed E-state index contributed by atoms with van der Waals surface area (Å²) in [7, 11) is 1.61. The van der Waals surface area contributed by atoms with Gasteiger partial charge in [0, 0.05) is 30.5 Å². The number of anilines is 2. The molecule has 3 rings (SSSR count). The van der Waals surface area contributed by atoms with Crippen molar-refractivity contribution in [3.63, 3.8) is 0 Å². The summed E-state index contributed by atoms with van der Waals surface area (Å²) in [6.07, 6.45) is 0. The number of ether oxygens (including phenoxy) is 1. The fourth-order valence-corrected chi connectivity index (χ4v) is 2.36. The summed E-state index contributed by atoms with van der Waals surface area (Å²) < 4.78 is 5.19. The third-order valence-corrected chi connectivity index (χ3v) is 3.33. The van der Waals surface area contributed by atoms with E-state index in [1.807, 2.05) is 25.1 Å². The third kappa shape index (κ3) is 2.07. The zero-order chi connectivity index (χ0) is 13.4. The lowest BCUT2D eigenvalue weighted by atomic mass is 10.1. The maximum Gasteiger partial charge on any atom is 0.229 e. The van der Waals surface area contributed by atoms with Crippen LogP contribution in [0.3, 0.4) is 0 Å².